The van der Waals surface area contributed by atoms with Crippen molar-refractivity contribution in [2.45, 2.75) is 101 Å². The first-order chi connectivity index (χ1) is 17.3. The van der Waals surface area contributed by atoms with E-state index in [9.17, 15) is 73.2 Å². The molecule has 22 heteroatoms. The van der Waals surface area contributed by atoms with E-state index in [1.165, 1.54) is 0 Å². The number of alkyl halides is 9. The van der Waals surface area contributed by atoms with Gasteiger partial charge in [0.25, 0.3) is 23.8 Å². The second-order valence-electron chi connectivity index (χ2n) is 9.24. The van der Waals surface area contributed by atoms with Gasteiger partial charge in [-0.25, -0.2) is 33.7 Å². The molecule has 0 radical (unpaired) electrons. The number of sulfonamides is 1. The molecule has 0 spiro atoms. The molecule has 0 aliphatic heterocycles. The molecule has 2 fully saturated rings. The summed E-state index contributed by atoms with van der Waals surface area (Å²) in [6, 6.07) is -7.07. The van der Waals surface area contributed by atoms with Crippen molar-refractivity contribution in [1.82, 2.24) is 4.72 Å². The fourth-order valence-corrected chi connectivity index (χ4v) is 15.5. The minimum Gasteiger partial charge on any atom is -0.226 e. The Morgan fingerprint density at radius 3 is 1.18 bits per heavy atom. The maximum absolute atomic E-state index is 14.9. The van der Waals surface area contributed by atoms with E-state index in [2.05, 4.69) is 0 Å². The van der Waals surface area contributed by atoms with Crippen molar-refractivity contribution in [1.29, 1.82) is 0 Å². The predicted octanol–water partition coefficient (Wildman–Crippen LogP) is 3.44. The Balaban J connectivity index is 2.73. The van der Waals surface area contributed by atoms with Crippen molar-refractivity contribution >= 4 is 39.5 Å². The highest BCUT2D eigenvalue weighted by atomic mass is 32.3. The normalized spacial score (nSPS) is 20.9. The lowest BCUT2D eigenvalue weighted by atomic mass is 10.0. The van der Waals surface area contributed by atoms with Crippen LogP contribution in [0.25, 0.3) is 0 Å². The standard InChI is InChI=1S/C17H24F9NO8S4/c18-14(19,20)16(23,24)39(34,35)27-15(21,22)17(25,26)38(32,33)13(36(28,29)11-7-3-1-4-8-11)37(30,31)12-9-5-2-6-10-12/h11-13,27H,1-10H2. The largest absolute Gasteiger partial charge is 0.470 e. The van der Waals surface area contributed by atoms with Crippen molar-refractivity contribution in [3.8, 4) is 0 Å². The van der Waals surface area contributed by atoms with Gasteiger partial charge < -0.3 is 0 Å². The van der Waals surface area contributed by atoms with Crippen molar-refractivity contribution in [2.24, 2.45) is 0 Å². The molecule has 0 aromatic carbocycles. The van der Waals surface area contributed by atoms with Gasteiger partial charge in [0, 0.05) is 0 Å². The van der Waals surface area contributed by atoms with Crippen LogP contribution in [0.2, 0.25) is 0 Å². The zero-order valence-corrected chi connectivity index (χ0v) is 22.9. The molecular formula is C17H24F9NO8S4. The quantitative estimate of drug-likeness (QED) is 0.275. The Bertz CT molecular complexity index is 1280. The summed E-state index contributed by atoms with van der Waals surface area (Å²) in [7, 11) is -27.1. The van der Waals surface area contributed by atoms with Crippen LogP contribution in [0.15, 0.2) is 0 Å². The van der Waals surface area contributed by atoms with Crippen LogP contribution in [0.4, 0.5) is 39.5 Å². The maximum atomic E-state index is 14.9. The maximum Gasteiger partial charge on any atom is 0.470 e. The van der Waals surface area contributed by atoms with E-state index in [-0.39, 0.29) is 25.7 Å². The molecule has 0 aromatic rings. The first kappa shape index (κ1) is 34.3. The van der Waals surface area contributed by atoms with Gasteiger partial charge >= 0.3 is 22.7 Å². The van der Waals surface area contributed by atoms with Gasteiger partial charge in [-0.15, -0.1) is 4.72 Å². The summed E-state index contributed by atoms with van der Waals surface area (Å²) < 4.78 is 218. The van der Waals surface area contributed by atoms with E-state index in [1.807, 2.05) is 0 Å². The van der Waals surface area contributed by atoms with Crippen molar-refractivity contribution in [3.63, 3.8) is 0 Å². The van der Waals surface area contributed by atoms with E-state index in [1.54, 1.807) is 0 Å². The molecule has 2 aliphatic carbocycles. The fourth-order valence-electron chi connectivity index (χ4n) is 4.39. The van der Waals surface area contributed by atoms with Crippen LogP contribution in [0.5, 0.6) is 0 Å². The second kappa shape index (κ2) is 10.8. The molecule has 1 N–H and O–H groups in total. The third-order valence-electron chi connectivity index (χ3n) is 6.48. The molecule has 0 bridgehead atoms. The van der Waals surface area contributed by atoms with Crippen molar-refractivity contribution < 1.29 is 73.2 Å². The average Bonchev–Trinajstić information content (AvgIpc) is 2.78. The Labute approximate surface area is 218 Å². The van der Waals surface area contributed by atoms with E-state index in [0.717, 1.165) is 0 Å². The van der Waals surface area contributed by atoms with Crippen LogP contribution in [0.3, 0.4) is 0 Å². The number of nitrogens with one attached hydrogen (secondary N) is 1. The number of sulfone groups is 3. The number of halogens is 9. The van der Waals surface area contributed by atoms with Gasteiger partial charge in [0.2, 0.25) is 0 Å². The molecule has 2 saturated carbocycles. The molecule has 0 saturated heterocycles. The lowest BCUT2D eigenvalue weighted by Gasteiger charge is -2.34. The van der Waals surface area contributed by atoms with Gasteiger partial charge in [-0.1, -0.05) is 38.5 Å². The summed E-state index contributed by atoms with van der Waals surface area (Å²) in [5, 5.41) is -18.1. The summed E-state index contributed by atoms with van der Waals surface area (Å²) in [6.07, 6.45) is -7.94. The molecule has 2 rings (SSSR count). The third-order valence-corrected chi connectivity index (χ3v) is 18.0. The van der Waals surface area contributed by atoms with Crippen LogP contribution >= 0.6 is 0 Å². The Hall–Kier alpha value is -0.870. The highest BCUT2D eigenvalue weighted by Crippen LogP contribution is 2.47. The molecule has 0 aromatic heterocycles. The summed E-state index contributed by atoms with van der Waals surface area (Å²) in [4.78, 5) is 0. The zero-order chi connectivity index (χ0) is 30.5. The molecule has 0 amide bonds. The molecule has 0 atom stereocenters. The number of rotatable bonds is 10. The van der Waals surface area contributed by atoms with Crippen LogP contribution < -0.4 is 4.72 Å². The van der Waals surface area contributed by atoms with E-state index < -0.39 is 107 Å². The Morgan fingerprint density at radius 1 is 0.538 bits per heavy atom. The predicted molar refractivity (Wildman–Crippen MR) is 117 cm³/mol. The summed E-state index contributed by atoms with van der Waals surface area (Å²) in [5.41, 5.74) is 0. The monoisotopic (exact) mass is 669 g/mol. The smallest absolute Gasteiger partial charge is 0.226 e. The van der Waals surface area contributed by atoms with Gasteiger partial charge in [0.15, 0.2) is 19.7 Å². The zero-order valence-electron chi connectivity index (χ0n) is 19.6. The van der Waals surface area contributed by atoms with Crippen LogP contribution in [-0.4, -0.2) is 70.8 Å². The van der Waals surface area contributed by atoms with Gasteiger partial charge in [-0.3, -0.25) is 0 Å². The first-order valence-corrected chi connectivity index (χ1v) is 17.5. The average molecular weight is 670 g/mol. The van der Waals surface area contributed by atoms with E-state index >= 15 is 0 Å². The SMILES string of the molecule is O=S(=O)(C1CCCCC1)C(S(=O)(=O)C1CCCCC1)S(=O)(=O)C(F)(F)C(F)(F)NS(=O)(=O)C(F)(F)C(F)(F)F. The molecular weight excluding hydrogens is 645 g/mol. The van der Waals surface area contributed by atoms with E-state index in [4.69, 9.17) is 0 Å². The van der Waals surface area contributed by atoms with Crippen LogP contribution in [0, 0.1) is 0 Å². The molecule has 0 unspecified atom stereocenters. The number of hydrogen-bond acceptors (Lipinski definition) is 8. The van der Waals surface area contributed by atoms with Gasteiger partial charge in [0.1, 0.15) is 0 Å². The van der Waals surface area contributed by atoms with E-state index in [0.29, 0.717) is 12.8 Å². The minimum absolute atomic E-state index is 0.0546. The Kier molecular flexibility index (Phi) is 9.47. The van der Waals surface area contributed by atoms with Crippen LogP contribution in [-0.2, 0) is 39.5 Å². The molecule has 232 valence electrons. The summed E-state index contributed by atoms with van der Waals surface area (Å²) >= 11 is 0. The highest BCUT2D eigenvalue weighted by Gasteiger charge is 2.76. The summed E-state index contributed by atoms with van der Waals surface area (Å²) in [6.45, 7) is 0. The number of hydrogen-bond donors (Lipinski definition) is 1. The Morgan fingerprint density at radius 2 is 0.872 bits per heavy atom. The van der Waals surface area contributed by atoms with Crippen molar-refractivity contribution in [2.75, 3.05) is 0 Å². The third kappa shape index (κ3) is 6.04. The molecule has 9 nitrogen and oxygen atoms in total. The van der Waals surface area contributed by atoms with Gasteiger partial charge in [-0.05, 0) is 25.7 Å². The topological polar surface area (TPSA) is 149 Å². The molecule has 39 heavy (non-hydrogen) atoms. The lowest BCUT2D eigenvalue weighted by Crippen LogP contribution is -2.65. The van der Waals surface area contributed by atoms with Gasteiger partial charge in [-0.2, -0.15) is 39.5 Å². The second-order valence-corrected chi connectivity index (χ2v) is 18.6. The van der Waals surface area contributed by atoms with Crippen LogP contribution in [0.1, 0.15) is 64.2 Å². The lowest BCUT2D eigenvalue weighted by molar-refractivity contribution is -0.243. The minimum atomic E-state index is -7.86. The summed E-state index contributed by atoms with van der Waals surface area (Å²) in [5.74, 6) is 0. The fraction of sp³-hybridized carbons (Fsp3) is 1.00. The highest BCUT2D eigenvalue weighted by molar-refractivity contribution is 8.24. The molecule has 2 aliphatic rings. The molecule has 0 heterocycles. The first-order valence-electron chi connectivity index (χ1n) is 11.2. The van der Waals surface area contributed by atoms with Crippen molar-refractivity contribution in [3.05, 3.63) is 0 Å². The van der Waals surface area contributed by atoms with Gasteiger partial charge in [0.05, 0.1) is 10.5 Å².